The van der Waals surface area contributed by atoms with Crippen LogP contribution in [0.25, 0.3) is 22.3 Å². The van der Waals surface area contributed by atoms with Crippen molar-refractivity contribution in [2.45, 2.75) is 24.5 Å². The molecule has 1 amide bonds. The van der Waals surface area contributed by atoms with E-state index in [4.69, 9.17) is 15.9 Å². The summed E-state index contributed by atoms with van der Waals surface area (Å²) in [5.74, 6) is -5.56. The number of Topliss-reactive ketones (excluding diaryl/α,β-unsaturated/α-hetero) is 2. The van der Waals surface area contributed by atoms with Gasteiger partial charge in [0, 0.05) is 47.9 Å². The van der Waals surface area contributed by atoms with Gasteiger partial charge in [-0.15, -0.1) is 0 Å². The highest BCUT2D eigenvalue weighted by Gasteiger charge is 2.63. The van der Waals surface area contributed by atoms with Gasteiger partial charge in [-0.05, 0) is 74.8 Å². The third kappa shape index (κ3) is 3.63. The topological polar surface area (TPSA) is 184 Å². The van der Waals surface area contributed by atoms with Crippen molar-refractivity contribution in [3.63, 3.8) is 0 Å². The highest BCUT2D eigenvalue weighted by Crippen LogP contribution is 2.53. The van der Waals surface area contributed by atoms with Crippen molar-refractivity contribution >= 4 is 39.8 Å². The first-order valence-electron chi connectivity index (χ1n) is 13.5. The van der Waals surface area contributed by atoms with Crippen LogP contribution in [0.15, 0.2) is 63.5 Å². The molecular formula is C31H32N4O7. The predicted octanol–water partition coefficient (Wildman–Crippen LogP) is 2.48. The molecule has 0 radical (unpaired) electrons. The number of nitrogens with two attached hydrogens (primary N) is 2. The summed E-state index contributed by atoms with van der Waals surface area (Å²) >= 11 is 0. The number of hydrogen-bond donors (Lipinski definition) is 5. The van der Waals surface area contributed by atoms with Gasteiger partial charge < -0.3 is 36.1 Å². The maximum absolute atomic E-state index is 14.4. The molecule has 11 heteroatoms. The molecule has 0 fully saturated rings. The van der Waals surface area contributed by atoms with Gasteiger partial charge in [-0.3, -0.25) is 19.3 Å². The molecule has 1 aromatic heterocycles. The molecule has 0 saturated heterocycles. The molecule has 0 spiro atoms. The molecule has 7 N–H and O–H groups in total. The highest BCUT2D eigenvalue weighted by molar-refractivity contribution is 6.25. The number of rotatable bonds is 4. The van der Waals surface area contributed by atoms with E-state index in [1.807, 2.05) is 43.3 Å². The summed E-state index contributed by atoms with van der Waals surface area (Å²) in [6.07, 6.45) is 0.376. The molecule has 6 rings (SSSR count). The summed E-state index contributed by atoms with van der Waals surface area (Å²) < 4.78 is 6.25. The first-order chi connectivity index (χ1) is 19.8. The number of primary amides is 1. The number of allylic oxidation sites excluding steroid dienone is 1. The number of aliphatic hydroxyl groups is 3. The van der Waals surface area contributed by atoms with E-state index in [0.717, 1.165) is 11.3 Å². The monoisotopic (exact) mass is 572 g/mol. The van der Waals surface area contributed by atoms with Crippen LogP contribution in [-0.4, -0.2) is 77.5 Å². The van der Waals surface area contributed by atoms with Crippen molar-refractivity contribution in [2.75, 3.05) is 38.8 Å². The second-order valence-electron chi connectivity index (χ2n) is 11.8. The van der Waals surface area contributed by atoms with Crippen molar-refractivity contribution < 1.29 is 34.1 Å². The number of ketones is 2. The molecule has 0 bridgehead atoms. The first kappa shape index (κ1) is 27.6. The smallest absolute Gasteiger partial charge is 0.255 e. The van der Waals surface area contributed by atoms with Crippen molar-refractivity contribution in [3.8, 4) is 11.3 Å². The van der Waals surface area contributed by atoms with Gasteiger partial charge in [0.25, 0.3) is 5.91 Å². The lowest BCUT2D eigenvalue weighted by atomic mass is 9.58. The van der Waals surface area contributed by atoms with Crippen LogP contribution in [0.2, 0.25) is 0 Å². The minimum atomic E-state index is -2.64. The van der Waals surface area contributed by atoms with Gasteiger partial charge >= 0.3 is 0 Å². The van der Waals surface area contributed by atoms with Gasteiger partial charge in [0.05, 0.1) is 11.6 Å². The van der Waals surface area contributed by atoms with E-state index in [0.29, 0.717) is 34.4 Å². The molecule has 3 aliphatic rings. The van der Waals surface area contributed by atoms with Crippen LogP contribution in [0.1, 0.15) is 22.3 Å². The molecule has 2 unspecified atom stereocenters. The van der Waals surface area contributed by atoms with Crippen molar-refractivity contribution in [2.24, 2.45) is 17.6 Å². The standard InChI is InChI=1S/C31H32N4O7/c1-34(2)19-11-15-12-20(13-5-7-16(32)8-6-13)42-27(15)22-17(19)9-14-10-18-24(35(3)4)26(37)23(30(33)40)29(39)31(18,41)28(38)21(14)25(22)36/h5-8,11-12,14,18,24,37-38,41H,9-10,32H2,1-4H3,(H2,33,40)/t14?,18?,24-,31-/m0/s1. The number of benzene rings is 2. The molecule has 42 heavy (non-hydrogen) atoms. The zero-order valence-electron chi connectivity index (χ0n) is 23.6. The Kier molecular flexibility index (Phi) is 6.03. The Morgan fingerprint density at radius 3 is 2.33 bits per heavy atom. The summed E-state index contributed by atoms with van der Waals surface area (Å²) in [7, 11) is 6.96. The molecule has 218 valence electrons. The van der Waals surface area contributed by atoms with Gasteiger partial charge in [-0.25, -0.2) is 0 Å². The molecule has 11 nitrogen and oxygen atoms in total. The Bertz CT molecular complexity index is 1770. The van der Waals surface area contributed by atoms with Crippen molar-refractivity contribution in [1.82, 2.24) is 4.90 Å². The minimum absolute atomic E-state index is 0.0749. The molecule has 3 aromatic rings. The quantitative estimate of drug-likeness (QED) is 0.230. The van der Waals surface area contributed by atoms with Crippen molar-refractivity contribution in [1.29, 1.82) is 0 Å². The summed E-state index contributed by atoms with van der Waals surface area (Å²) in [6, 6.07) is 9.87. The number of nitrogen functional groups attached to an aromatic ring is 1. The second kappa shape index (κ2) is 9.20. The van der Waals surface area contributed by atoms with Crippen LogP contribution in [0.5, 0.6) is 0 Å². The van der Waals surface area contributed by atoms with E-state index < -0.39 is 58.0 Å². The minimum Gasteiger partial charge on any atom is -0.510 e. The van der Waals surface area contributed by atoms with Crippen LogP contribution in [0, 0.1) is 11.8 Å². The van der Waals surface area contributed by atoms with Crippen LogP contribution in [0.4, 0.5) is 11.4 Å². The average Bonchev–Trinajstić information content (AvgIpc) is 3.34. The molecule has 0 saturated carbocycles. The van der Waals surface area contributed by atoms with E-state index in [2.05, 4.69) is 0 Å². The first-order valence-corrected chi connectivity index (χ1v) is 13.5. The normalized spacial score (nSPS) is 25.5. The van der Waals surface area contributed by atoms with Gasteiger partial charge in [0.15, 0.2) is 11.4 Å². The maximum Gasteiger partial charge on any atom is 0.255 e. The number of carbonyl (C=O) groups is 3. The lowest BCUT2D eigenvalue weighted by Crippen LogP contribution is -2.63. The van der Waals surface area contributed by atoms with Crippen molar-refractivity contribution in [3.05, 3.63) is 70.2 Å². The zero-order chi connectivity index (χ0) is 30.4. The summed E-state index contributed by atoms with van der Waals surface area (Å²) in [4.78, 5) is 43.6. The van der Waals surface area contributed by atoms with E-state index in [-0.39, 0.29) is 17.6 Å². The average molecular weight is 573 g/mol. The van der Waals surface area contributed by atoms with E-state index in [1.54, 1.807) is 31.1 Å². The number of carbonyl (C=O) groups excluding carboxylic acids is 3. The predicted molar refractivity (Wildman–Crippen MR) is 156 cm³/mol. The number of likely N-dealkylation sites (N-methyl/N-ethyl adjacent to an activating group) is 1. The lowest BCUT2D eigenvalue weighted by Gasteiger charge is -2.50. The SMILES string of the molecule is CN(C)c1cc2cc(-c3ccc(N)cc3)oc2c2c1CC1CC3[C@H](N(C)C)C(O)=C(C(N)=O)C(=O)[C@@]3(O)C(O)=C1C2=O. The number of fused-ring (bicyclic) bond motifs is 5. The highest BCUT2D eigenvalue weighted by atomic mass is 16.4. The van der Waals surface area contributed by atoms with E-state index in [9.17, 15) is 29.7 Å². The van der Waals surface area contributed by atoms with Gasteiger partial charge in [0.1, 0.15) is 28.4 Å². The maximum atomic E-state index is 14.4. The fraction of sp³-hybridized carbons (Fsp3) is 0.323. The fourth-order valence-electron chi connectivity index (χ4n) is 6.99. The largest absolute Gasteiger partial charge is 0.510 e. The second-order valence-corrected chi connectivity index (χ2v) is 11.8. The number of nitrogens with zero attached hydrogens (tertiary/aromatic N) is 2. The Morgan fingerprint density at radius 2 is 1.74 bits per heavy atom. The summed E-state index contributed by atoms with van der Waals surface area (Å²) in [6.45, 7) is 0. The fourth-order valence-corrected chi connectivity index (χ4v) is 6.99. The Balaban J connectivity index is 1.58. The zero-order valence-corrected chi connectivity index (χ0v) is 23.6. The molecule has 2 aromatic carbocycles. The number of furan rings is 1. The van der Waals surface area contributed by atoms with Crippen LogP contribution in [0.3, 0.4) is 0 Å². The number of anilines is 2. The summed E-state index contributed by atoms with van der Waals surface area (Å²) in [5, 5.41) is 35.1. The molecule has 3 aliphatic carbocycles. The number of amides is 1. The summed E-state index contributed by atoms with van der Waals surface area (Å²) in [5.41, 5.74) is 11.1. The third-order valence-corrected chi connectivity index (χ3v) is 8.88. The Hall–Kier alpha value is -4.61. The van der Waals surface area contributed by atoms with Crippen LogP contribution < -0.4 is 16.4 Å². The van der Waals surface area contributed by atoms with Gasteiger partial charge in [-0.1, -0.05) is 0 Å². The van der Waals surface area contributed by atoms with Crippen LogP contribution in [-0.2, 0) is 16.0 Å². The third-order valence-electron chi connectivity index (χ3n) is 8.88. The van der Waals surface area contributed by atoms with E-state index >= 15 is 0 Å². The molecular weight excluding hydrogens is 540 g/mol. The molecule has 0 aliphatic heterocycles. The molecule has 1 heterocycles. The Morgan fingerprint density at radius 1 is 1.07 bits per heavy atom. The molecule has 4 atom stereocenters. The Labute approximate surface area is 241 Å². The lowest BCUT2D eigenvalue weighted by molar-refractivity contribution is -0.148. The number of hydrogen-bond acceptors (Lipinski definition) is 10. The number of aliphatic hydroxyl groups excluding tert-OH is 2. The van der Waals surface area contributed by atoms with Gasteiger partial charge in [-0.2, -0.15) is 0 Å². The van der Waals surface area contributed by atoms with E-state index in [1.165, 1.54) is 0 Å². The van der Waals surface area contributed by atoms with Crippen LogP contribution >= 0.6 is 0 Å². The van der Waals surface area contributed by atoms with Gasteiger partial charge in [0.2, 0.25) is 5.78 Å².